The summed E-state index contributed by atoms with van der Waals surface area (Å²) >= 11 is 1.06. The van der Waals surface area contributed by atoms with Crippen molar-refractivity contribution in [3.05, 3.63) is 82.8 Å². The van der Waals surface area contributed by atoms with Gasteiger partial charge in [-0.1, -0.05) is 60.7 Å². The van der Waals surface area contributed by atoms with E-state index in [-0.39, 0.29) is 5.57 Å². The Labute approximate surface area is 207 Å². The van der Waals surface area contributed by atoms with Crippen LogP contribution in [0.1, 0.15) is 49.0 Å². The van der Waals surface area contributed by atoms with Gasteiger partial charge in [-0.2, -0.15) is 0 Å². The van der Waals surface area contributed by atoms with Gasteiger partial charge in [0.2, 0.25) is 5.91 Å². The van der Waals surface area contributed by atoms with E-state index in [2.05, 4.69) is 5.32 Å². The number of carbonyl (C=O) groups is 3. The van der Waals surface area contributed by atoms with Crippen LogP contribution in [0.3, 0.4) is 0 Å². The van der Waals surface area contributed by atoms with E-state index in [1.165, 1.54) is 10.3 Å². The monoisotopic (exact) mass is 483 g/mol. The second kappa shape index (κ2) is 9.54. The summed E-state index contributed by atoms with van der Waals surface area (Å²) in [6.45, 7) is 2.46. The molecule has 2 aromatic rings. The summed E-state index contributed by atoms with van der Waals surface area (Å²) in [7, 11) is 0. The van der Waals surface area contributed by atoms with Crippen molar-refractivity contribution in [2.45, 2.75) is 56.8 Å². The molecule has 1 fully saturated rings. The maximum Gasteiger partial charge on any atom is 0.408 e. The number of nitrogens with one attached hydrogen (secondary N) is 1. The van der Waals surface area contributed by atoms with Gasteiger partial charge in [0, 0.05) is 4.11 Å². The SMILES string of the molecule is [2H]C([2H])([2H])C1=CS[C@@H]2[C@H](NC(=O)OC(C)(C)C)C(=O)N2[C@H]1C(=O)OC(c1ccccc1)c1ccccc1. The molecule has 4 rings (SSSR count). The molecule has 0 radical (unpaired) electrons. The third-order valence-electron chi connectivity index (χ3n) is 5.32. The summed E-state index contributed by atoms with van der Waals surface area (Å²) < 4.78 is 35.1. The van der Waals surface area contributed by atoms with Gasteiger partial charge in [-0.05, 0) is 49.7 Å². The molecule has 2 aromatic carbocycles. The molecule has 2 amide bonds. The van der Waals surface area contributed by atoms with E-state index >= 15 is 0 Å². The lowest BCUT2D eigenvalue weighted by molar-refractivity contribution is -0.164. The molecule has 0 saturated carbocycles. The van der Waals surface area contributed by atoms with Crippen molar-refractivity contribution >= 4 is 29.7 Å². The van der Waals surface area contributed by atoms with Gasteiger partial charge in [0.05, 0.1) is 0 Å². The lowest BCUT2D eigenvalue weighted by Gasteiger charge is -2.51. The van der Waals surface area contributed by atoms with Gasteiger partial charge in [-0.15, -0.1) is 11.8 Å². The molecule has 0 aromatic heterocycles. The van der Waals surface area contributed by atoms with Gasteiger partial charge in [-0.25, -0.2) is 9.59 Å². The molecule has 0 spiro atoms. The summed E-state index contributed by atoms with van der Waals surface area (Å²) in [4.78, 5) is 40.2. The molecule has 8 heteroatoms. The molecule has 2 aliphatic heterocycles. The van der Waals surface area contributed by atoms with Crippen LogP contribution >= 0.6 is 11.8 Å². The van der Waals surface area contributed by atoms with Crippen molar-refractivity contribution in [1.82, 2.24) is 10.2 Å². The predicted octanol–water partition coefficient (Wildman–Crippen LogP) is 4.40. The van der Waals surface area contributed by atoms with Crippen LogP contribution in [0.25, 0.3) is 0 Å². The number of nitrogens with zero attached hydrogens (tertiary/aromatic N) is 1. The Kier molecular flexibility index (Phi) is 5.65. The van der Waals surface area contributed by atoms with Crippen molar-refractivity contribution in [1.29, 1.82) is 0 Å². The number of rotatable bonds is 5. The number of fused-ring (bicyclic) bond motifs is 1. The molecule has 1 N–H and O–H groups in total. The molecule has 7 nitrogen and oxygen atoms in total. The van der Waals surface area contributed by atoms with E-state index in [1.807, 2.05) is 36.4 Å². The smallest absolute Gasteiger partial charge is 0.408 e. The Bertz CT molecular complexity index is 1160. The Hall–Kier alpha value is -3.26. The maximum atomic E-state index is 13.6. The molecule has 2 aliphatic rings. The van der Waals surface area contributed by atoms with Crippen LogP contribution in [-0.4, -0.2) is 45.9 Å². The number of hydrogen-bond donors (Lipinski definition) is 1. The minimum Gasteiger partial charge on any atom is -0.451 e. The van der Waals surface area contributed by atoms with Gasteiger partial charge in [-0.3, -0.25) is 4.79 Å². The number of ether oxygens (including phenoxy) is 2. The lowest BCUT2D eigenvalue weighted by Crippen LogP contribution is -2.74. The molecule has 1 saturated heterocycles. The quantitative estimate of drug-likeness (QED) is 0.501. The van der Waals surface area contributed by atoms with Crippen LogP contribution in [0.2, 0.25) is 0 Å². The van der Waals surface area contributed by atoms with Crippen LogP contribution in [0.4, 0.5) is 4.79 Å². The average molecular weight is 484 g/mol. The Morgan fingerprint density at radius 1 is 1.06 bits per heavy atom. The molecular weight excluding hydrogens is 452 g/mol. The van der Waals surface area contributed by atoms with E-state index in [0.717, 1.165) is 11.8 Å². The summed E-state index contributed by atoms with van der Waals surface area (Å²) in [6, 6.07) is 15.7. The van der Waals surface area contributed by atoms with E-state index < -0.39 is 54.0 Å². The maximum absolute atomic E-state index is 13.6. The first kappa shape index (κ1) is 20.1. The van der Waals surface area contributed by atoms with Crippen molar-refractivity contribution < 1.29 is 28.0 Å². The van der Waals surface area contributed by atoms with E-state index in [9.17, 15) is 14.4 Å². The highest BCUT2D eigenvalue weighted by Gasteiger charge is 2.56. The first-order chi connectivity index (χ1) is 17.4. The van der Waals surface area contributed by atoms with Gasteiger partial charge in [0.1, 0.15) is 17.0 Å². The second-order valence-electron chi connectivity index (χ2n) is 9.01. The summed E-state index contributed by atoms with van der Waals surface area (Å²) in [5.74, 6) is -1.45. The van der Waals surface area contributed by atoms with Gasteiger partial charge >= 0.3 is 12.1 Å². The van der Waals surface area contributed by atoms with E-state index in [1.54, 1.807) is 45.0 Å². The molecule has 3 atom stereocenters. The van der Waals surface area contributed by atoms with Crippen LogP contribution in [0, 0.1) is 0 Å². The van der Waals surface area contributed by atoms with Crippen molar-refractivity contribution in [3.63, 3.8) is 0 Å². The molecule has 2 heterocycles. The minimum atomic E-state index is -2.64. The number of alkyl carbamates (subject to hydrolysis) is 1. The molecule has 178 valence electrons. The number of esters is 1. The Morgan fingerprint density at radius 2 is 1.65 bits per heavy atom. The van der Waals surface area contributed by atoms with Crippen LogP contribution < -0.4 is 5.32 Å². The highest BCUT2D eigenvalue weighted by atomic mass is 32.2. The average Bonchev–Trinajstić information content (AvgIpc) is 2.84. The summed E-state index contributed by atoms with van der Waals surface area (Å²) in [5, 5.41) is 3.22. The third kappa shape index (κ3) is 4.97. The molecule has 0 unspecified atom stereocenters. The zero-order chi connectivity index (χ0) is 27.0. The minimum absolute atomic E-state index is 0.206. The molecular formula is C26H28N2O5S. The summed E-state index contributed by atoms with van der Waals surface area (Å²) in [5.41, 5.74) is 0.425. The fourth-order valence-electron chi connectivity index (χ4n) is 3.83. The van der Waals surface area contributed by atoms with Gasteiger partial charge in [0.25, 0.3) is 0 Å². The number of thioether (sulfide) groups is 1. The number of benzene rings is 2. The van der Waals surface area contributed by atoms with Crippen molar-refractivity contribution in [2.24, 2.45) is 0 Å². The number of hydrogen-bond acceptors (Lipinski definition) is 6. The lowest BCUT2D eigenvalue weighted by atomic mass is 9.98. The first-order valence-electron chi connectivity index (χ1n) is 12.3. The Morgan fingerprint density at radius 3 is 2.18 bits per heavy atom. The number of β-lactam (4-membered cyclic amide) rings is 1. The van der Waals surface area contributed by atoms with Gasteiger partial charge in [0.15, 0.2) is 12.1 Å². The summed E-state index contributed by atoms with van der Waals surface area (Å²) in [6.07, 6.45) is -1.59. The highest BCUT2D eigenvalue weighted by Crippen LogP contribution is 2.41. The predicted molar refractivity (Wildman–Crippen MR) is 130 cm³/mol. The third-order valence-corrected chi connectivity index (χ3v) is 6.49. The molecule has 34 heavy (non-hydrogen) atoms. The van der Waals surface area contributed by atoms with E-state index in [0.29, 0.717) is 11.1 Å². The number of carbonyl (C=O) groups excluding carboxylic acids is 3. The van der Waals surface area contributed by atoms with E-state index in [4.69, 9.17) is 13.6 Å². The van der Waals surface area contributed by atoms with Crippen molar-refractivity contribution in [3.8, 4) is 0 Å². The fourth-order valence-corrected chi connectivity index (χ4v) is 4.95. The second-order valence-corrected chi connectivity index (χ2v) is 10.0. The van der Waals surface area contributed by atoms with Crippen LogP contribution in [-0.2, 0) is 19.1 Å². The standard InChI is InChI=1S/C26H28N2O5S/c1-16-15-34-23-19(27-25(31)33-26(2,3)4)22(29)28(23)20(16)24(30)32-21(17-11-7-5-8-12-17)18-13-9-6-10-14-18/h5-15,19-21,23H,1-4H3,(H,27,31)/t19-,20-,23-/m1/s1/i1D3. The fraction of sp³-hybridized carbons (Fsp3) is 0.346. The molecule has 0 aliphatic carbocycles. The first-order valence-corrected chi connectivity index (χ1v) is 11.8. The zero-order valence-electron chi connectivity index (χ0n) is 22.1. The Balaban J connectivity index is 1.62. The van der Waals surface area contributed by atoms with Gasteiger partial charge < -0.3 is 19.7 Å². The van der Waals surface area contributed by atoms with Crippen LogP contribution in [0.15, 0.2) is 71.6 Å². The molecule has 0 bridgehead atoms. The normalized spacial score (nSPS) is 23.5. The largest absolute Gasteiger partial charge is 0.451 e. The van der Waals surface area contributed by atoms with Crippen LogP contribution in [0.5, 0.6) is 0 Å². The van der Waals surface area contributed by atoms with Crippen molar-refractivity contribution in [2.75, 3.05) is 0 Å². The highest BCUT2D eigenvalue weighted by molar-refractivity contribution is 8.02. The number of amides is 2. The zero-order valence-corrected chi connectivity index (χ0v) is 19.9. The topological polar surface area (TPSA) is 84.9 Å².